The Balaban J connectivity index is 1.77. The molecule has 0 saturated carbocycles. The van der Waals surface area contributed by atoms with Gasteiger partial charge in [0.15, 0.2) is 0 Å². The van der Waals surface area contributed by atoms with Crippen LogP contribution in [-0.4, -0.2) is 27.7 Å². The van der Waals surface area contributed by atoms with Crippen LogP contribution in [0.2, 0.25) is 0 Å². The van der Waals surface area contributed by atoms with Crippen LogP contribution in [0.3, 0.4) is 0 Å². The molecule has 0 aliphatic carbocycles. The lowest BCUT2D eigenvalue weighted by Crippen LogP contribution is -2.37. The van der Waals surface area contributed by atoms with Crippen molar-refractivity contribution >= 4 is 10.1 Å². The molecule has 0 aliphatic heterocycles. The Kier molecular flexibility index (Phi) is 10.9. The van der Waals surface area contributed by atoms with E-state index in [9.17, 15) is 8.42 Å². The van der Waals surface area contributed by atoms with Gasteiger partial charge in [0.1, 0.15) is 0 Å². The van der Waals surface area contributed by atoms with E-state index in [1.807, 2.05) is 73.7 Å². The smallest absolute Gasteiger partial charge is 0.296 e. The SMILES string of the molecule is C=CC[C@H](C)[C@H](OCc1ccccc1)[C@H](COCc1ccccc1)COS(=O)(=O)c1ccc(C)cc1. The standard InChI is InChI=1S/C30H36O5S/c1-4-11-25(3)30(34-21-27-14-9-6-10-15-27)28(22-33-20-26-12-7-5-8-13-26)23-35-36(31,32)29-18-16-24(2)17-19-29/h4-10,12-19,25,28,30H,1,11,20-23H2,2-3H3/t25-,28+,30-/m0/s1. The molecule has 0 fully saturated rings. The summed E-state index contributed by atoms with van der Waals surface area (Å²) in [6.07, 6.45) is 2.28. The Labute approximate surface area is 215 Å². The van der Waals surface area contributed by atoms with Gasteiger partial charge >= 0.3 is 0 Å². The second-order valence-corrected chi connectivity index (χ2v) is 10.7. The van der Waals surface area contributed by atoms with Gasteiger partial charge in [0, 0.05) is 5.92 Å². The summed E-state index contributed by atoms with van der Waals surface area (Å²) < 4.78 is 43.9. The molecule has 3 aromatic carbocycles. The summed E-state index contributed by atoms with van der Waals surface area (Å²) in [5.41, 5.74) is 3.07. The fourth-order valence-electron chi connectivity index (χ4n) is 4.02. The van der Waals surface area contributed by atoms with Crippen LogP contribution in [0.4, 0.5) is 0 Å². The number of hydrogen-bond acceptors (Lipinski definition) is 5. The van der Waals surface area contributed by atoms with E-state index in [2.05, 4.69) is 13.5 Å². The average Bonchev–Trinajstić information content (AvgIpc) is 2.88. The third kappa shape index (κ3) is 8.71. The molecule has 192 valence electrons. The highest BCUT2D eigenvalue weighted by atomic mass is 32.2. The van der Waals surface area contributed by atoms with Gasteiger partial charge in [-0.1, -0.05) is 91.4 Å². The van der Waals surface area contributed by atoms with Gasteiger partial charge in [-0.2, -0.15) is 8.42 Å². The van der Waals surface area contributed by atoms with E-state index >= 15 is 0 Å². The third-order valence-electron chi connectivity index (χ3n) is 6.04. The summed E-state index contributed by atoms with van der Waals surface area (Å²) in [4.78, 5) is 0.137. The van der Waals surface area contributed by atoms with E-state index in [1.54, 1.807) is 24.3 Å². The minimum Gasteiger partial charge on any atom is -0.376 e. The fraction of sp³-hybridized carbons (Fsp3) is 0.333. The maximum absolute atomic E-state index is 12.9. The zero-order valence-corrected chi connectivity index (χ0v) is 21.9. The van der Waals surface area contributed by atoms with E-state index < -0.39 is 10.1 Å². The molecule has 0 bridgehead atoms. The Bertz CT molecular complexity index is 1140. The van der Waals surface area contributed by atoms with Gasteiger partial charge in [0.05, 0.1) is 37.4 Å². The van der Waals surface area contributed by atoms with Crippen molar-refractivity contribution in [2.75, 3.05) is 13.2 Å². The monoisotopic (exact) mass is 508 g/mol. The van der Waals surface area contributed by atoms with Crippen LogP contribution in [0, 0.1) is 18.8 Å². The molecule has 0 aliphatic rings. The summed E-state index contributed by atoms with van der Waals surface area (Å²) in [5.74, 6) is -0.227. The van der Waals surface area contributed by atoms with Crippen molar-refractivity contribution < 1.29 is 22.1 Å². The van der Waals surface area contributed by atoms with Gasteiger partial charge in [-0.05, 0) is 42.5 Å². The molecule has 3 aromatic rings. The summed E-state index contributed by atoms with van der Waals surface area (Å²) in [6, 6.07) is 26.4. The van der Waals surface area contributed by atoms with Gasteiger partial charge in [-0.25, -0.2) is 0 Å². The lowest BCUT2D eigenvalue weighted by atomic mass is 9.90. The van der Waals surface area contributed by atoms with Crippen molar-refractivity contribution in [3.8, 4) is 0 Å². The van der Waals surface area contributed by atoms with Crippen LogP contribution in [-0.2, 0) is 37.0 Å². The Morgan fingerprint density at radius 3 is 2.00 bits per heavy atom. The van der Waals surface area contributed by atoms with Gasteiger partial charge in [-0.15, -0.1) is 6.58 Å². The maximum Gasteiger partial charge on any atom is 0.296 e. The van der Waals surface area contributed by atoms with Crippen molar-refractivity contribution in [1.29, 1.82) is 0 Å². The molecule has 6 heteroatoms. The minimum atomic E-state index is -3.92. The molecule has 0 heterocycles. The highest BCUT2D eigenvalue weighted by molar-refractivity contribution is 7.86. The molecular formula is C30H36O5S. The number of aryl methyl sites for hydroxylation is 1. The summed E-state index contributed by atoms with van der Waals surface area (Å²) >= 11 is 0. The van der Waals surface area contributed by atoms with Gasteiger partial charge in [0.2, 0.25) is 0 Å². The Morgan fingerprint density at radius 2 is 1.42 bits per heavy atom. The first-order valence-corrected chi connectivity index (χ1v) is 13.6. The van der Waals surface area contributed by atoms with Crippen LogP contribution in [0.15, 0.2) is 102 Å². The number of ether oxygens (including phenoxy) is 2. The largest absolute Gasteiger partial charge is 0.376 e. The van der Waals surface area contributed by atoms with Crippen LogP contribution in [0.1, 0.15) is 30.0 Å². The van der Waals surface area contributed by atoms with Crippen LogP contribution in [0.25, 0.3) is 0 Å². The van der Waals surface area contributed by atoms with Gasteiger partial charge in [0.25, 0.3) is 10.1 Å². The van der Waals surface area contributed by atoms with Crippen molar-refractivity contribution in [2.45, 2.75) is 44.5 Å². The normalized spacial score (nSPS) is 14.2. The Hall–Kier alpha value is -2.77. The molecule has 0 aromatic heterocycles. The first-order chi connectivity index (χ1) is 17.4. The van der Waals surface area contributed by atoms with Gasteiger partial charge in [-0.3, -0.25) is 4.18 Å². The molecule has 3 atom stereocenters. The first kappa shape index (κ1) is 27.8. The highest BCUT2D eigenvalue weighted by Crippen LogP contribution is 2.25. The van der Waals surface area contributed by atoms with E-state index in [0.29, 0.717) is 19.8 Å². The molecule has 0 unspecified atom stereocenters. The summed E-state index contributed by atoms with van der Waals surface area (Å²) in [7, 11) is -3.92. The minimum absolute atomic E-state index is 0.0497. The zero-order valence-electron chi connectivity index (χ0n) is 21.1. The number of benzene rings is 3. The molecule has 0 spiro atoms. The quantitative estimate of drug-likeness (QED) is 0.177. The molecule has 0 radical (unpaired) electrons. The molecule has 3 rings (SSSR count). The van der Waals surface area contributed by atoms with Crippen molar-refractivity contribution in [3.63, 3.8) is 0 Å². The second-order valence-electron chi connectivity index (χ2n) is 9.08. The molecule has 5 nitrogen and oxygen atoms in total. The lowest BCUT2D eigenvalue weighted by Gasteiger charge is -2.31. The molecule has 36 heavy (non-hydrogen) atoms. The Morgan fingerprint density at radius 1 is 0.833 bits per heavy atom. The predicted octanol–water partition coefficient (Wildman–Crippen LogP) is 6.33. The molecular weight excluding hydrogens is 472 g/mol. The van der Waals surface area contributed by atoms with E-state index in [0.717, 1.165) is 23.1 Å². The lowest BCUT2D eigenvalue weighted by molar-refractivity contribution is -0.0708. The van der Waals surface area contributed by atoms with E-state index in [1.165, 1.54) is 0 Å². The van der Waals surface area contributed by atoms with Gasteiger partial charge < -0.3 is 9.47 Å². The molecule has 0 N–H and O–H groups in total. The van der Waals surface area contributed by atoms with Crippen LogP contribution in [0.5, 0.6) is 0 Å². The second kappa shape index (κ2) is 14.1. The topological polar surface area (TPSA) is 61.8 Å². The van der Waals surface area contributed by atoms with Crippen molar-refractivity contribution in [2.24, 2.45) is 11.8 Å². The van der Waals surface area contributed by atoms with Crippen molar-refractivity contribution in [3.05, 3.63) is 114 Å². The summed E-state index contributed by atoms with van der Waals surface area (Å²) in [5, 5.41) is 0. The fourth-order valence-corrected chi connectivity index (χ4v) is 4.98. The zero-order chi connectivity index (χ0) is 25.8. The van der Waals surface area contributed by atoms with E-state index in [4.69, 9.17) is 13.7 Å². The number of hydrogen-bond donors (Lipinski definition) is 0. The molecule has 0 saturated heterocycles. The van der Waals surface area contributed by atoms with Crippen LogP contribution < -0.4 is 0 Å². The average molecular weight is 509 g/mol. The first-order valence-electron chi connectivity index (χ1n) is 12.2. The number of rotatable bonds is 15. The highest BCUT2D eigenvalue weighted by Gasteiger charge is 2.30. The maximum atomic E-state index is 12.9. The van der Waals surface area contributed by atoms with E-state index in [-0.39, 0.29) is 29.4 Å². The third-order valence-corrected chi connectivity index (χ3v) is 7.34. The predicted molar refractivity (Wildman–Crippen MR) is 143 cm³/mol. The van der Waals surface area contributed by atoms with Crippen molar-refractivity contribution in [1.82, 2.24) is 0 Å². The number of allylic oxidation sites excluding steroid dienone is 1. The van der Waals surface area contributed by atoms with Crippen LogP contribution >= 0.6 is 0 Å². The summed E-state index contributed by atoms with van der Waals surface area (Å²) in [6.45, 7) is 8.94. The molecule has 0 amide bonds.